The van der Waals surface area contributed by atoms with E-state index in [-0.39, 0.29) is 0 Å². The van der Waals surface area contributed by atoms with E-state index in [1.54, 1.807) is 17.5 Å². The van der Waals surface area contributed by atoms with E-state index in [0.717, 1.165) is 17.8 Å². The van der Waals surface area contributed by atoms with Crippen molar-refractivity contribution in [2.75, 3.05) is 5.32 Å². The number of nitriles is 1. The normalized spacial score (nSPS) is 13.6. The van der Waals surface area contributed by atoms with Crippen LogP contribution in [0.4, 0.5) is 5.82 Å². The molecular weight excluding hydrogens is 258 g/mol. The number of thiazole rings is 1. The summed E-state index contributed by atoms with van der Waals surface area (Å²) in [6, 6.07) is 2.03. The molecule has 0 fully saturated rings. The van der Waals surface area contributed by atoms with E-state index in [4.69, 9.17) is 5.26 Å². The SMILES string of the molecule is N#Cc1nccnc1NCc1nc2c(s1)CCCC2. The predicted octanol–water partition coefficient (Wildman–Crippen LogP) is 2.30. The van der Waals surface area contributed by atoms with Gasteiger partial charge < -0.3 is 5.32 Å². The zero-order chi connectivity index (χ0) is 13.1. The van der Waals surface area contributed by atoms with Crippen LogP contribution in [0.3, 0.4) is 0 Å². The van der Waals surface area contributed by atoms with E-state index >= 15 is 0 Å². The number of nitrogens with one attached hydrogen (secondary N) is 1. The van der Waals surface area contributed by atoms with E-state index in [0.29, 0.717) is 18.1 Å². The van der Waals surface area contributed by atoms with Gasteiger partial charge in [-0.3, -0.25) is 0 Å². The van der Waals surface area contributed by atoms with Crippen LogP contribution in [0.25, 0.3) is 0 Å². The van der Waals surface area contributed by atoms with Crippen LogP contribution in [-0.4, -0.2) is 15.0 Å². The quantitative estimate of drug-likeness (QED) is 0.927. The molecule has 2 aromatic rings. The van der Waals surface area contributed by atoms with Gasteiger partial charge in [-0.1, -0.05) is 0 Å². The molecule has 19 heavy (non-hydrogen) atoms. The van der Waals surface area contributed by atoms with Crippen molar-refractivity contribution >= 4 is 17.2 Å². The average Bonchev–Trinajstić information content (AvgIpc) is 2.88. The summed E-state index contributed by atoms with van der Waals surface area (Å²) >= 11 is 1.76. The summed E-state index contributed by atoms with van der Waals surface area (Å²) in [6.45, 7) is 0.602. The van der Waals surface area contributed by atoms with E-state index in [1.807, 2.05) is 6.07 Å². The van der Waals surface area contributed by atoms with Crippen LogP contribution in [0.1, 0.15) is 34.1 Å². The molecule has 0 atom stereocenters. The van der Waals surface area contributed by atoms with Crippen molar-refractivity contribution in [1.82, 2.24) is 15.0 Å². The molecule has 6 heteroatoms. The second kappa shape index (κ2) is 5.33. The third-order valence-corrected chi connectivity index (χ3v) is 4.26. The van der Waals surface area contributed by atoms with Crippen LogP contribution < -0.4 is 5.32 Å². The topological polar surface area (TPSA) is 74.5 Å². The fourth-order valence-corrected chi connectivity index (χ4v) is 3.29. The summed E-state index contributed by atoms with van der Waals surface area (Å²) in [4.78, 5) is 14.2. The minimum Gasteiger partial charge on any atom is -0.361 e. The summed E-state index contributed by atoms with van der Waals surface area (Å²) in [7, 11) is 0. The highest BCUT2D eigenvalue weighted by Gasteiger charge is 2.15. The fourth-order valence-electron chi connectivity index (χ4n) is 2.19. The van der Waals surface area contributed by atoms with Gasteiger partial charge in [0, 0.05) is 17.3 Å². The van der Waals surface area contributed by atoms with Gasteiger partial charge in [0.1, 0.15) is 11.1 Å². The molecule has 1 aliphatic rings. The zero-order valence-electron chi connectivity index (χ0n) is 10.4. The molecule has 0 aromatic carbocycles. The maximum absolute atomic E-state index is 8.94. The number of hydrogen-bond donors (Lipinski definition) is 1. The third-order valence-electron chi connectivity index (χ3n) is 3.10. The molecule has 0 saturated carbocycles. The van der Waals surface area contributed by atoms with Crippen molar-refractivity contribution in [3.63, 3.8) is 0 Å². The fraction of sp³-hybridized carbons (Fsp3) is 0.385. The number of fused-ring (bicyclic) bond motifs is 1. The monoisotopic (exact) mass is 271 g/mol. The summed E-state index contributed by atoms with van der Waals surface area (Å²) < 4.78 is 0. The van der Waals surface area contributed by atoms with Crippen LogP contribution >= 0.6 is 11.3 Å². The Morgan fingerprint density at radius 1 is 1.26 bits per heavy atom. The molecule has 5 nitrogen and oxygen atoms in total. The maximum atomic E-state index is 8.94. The first-order valence-corrected chi connectivity index (χ1v) is 7.11. The minimum atomic E-state index is 0.323. The summed E-state index contributed by atoms with van der Waals surface area (Å²) in [5.41, 5.74) is 1.58. The molecule has 0 unspecified atom stereocenters. The molecule has 2 aromatic heterocycles. The van der Waals surface area contributed by atoms with Gasteiger partial charge in [-0.2, -0.15) is 5.26 Å². The number of anilines is 1. The van der Waals surface area contributed by atoms with Crippen LogP contribution in [-0.2, 0) is 19.4 Å². The molecule has 1 N–H and O–H groups in total. The number of aryl methyl sites for hydroxylation is 2. The van der Waals surface area contributed by atoms with E-state index in [9.17, 15) is 0 Å². The summed E-state index contributed by atoms with van der Waals surface area (Å²) in [5, 5.41) is 13.1. The standard InChI is InChI=1S/C13H13N5S/c14-7-10-13(16-6-5-15-10)17-8-12-18-9-3-1-2-4-11(9)19-12/h5-6H,1-4,8H2,(H,16,17). The molecule has 0 bridgehead atoms. The molecule has 96 valence electrons. The average molecular weight is 271 g/mol. The Bertz CT molecular complexity index is 605. The van der Waals surface area contributed by atoms with E-state index < -0.39 is 0 Å². The molecule has 0 radical (unpaired) electrons. The lowest BCUT2D eigenvalue weighted by atomic mass is 10.0. The van der Waals surface area contributed by atoms with Crippen molar-refractivity contribution in [2.24, 2.45) is 0 Å². The maximum Gasteiger partial charge on any atom is 0.182 e. The van der Waals surface area contributed by atoms with Crippen LogP contribution in [0, 0.1) is 11.3 Å². The van der Waals surface area contributed by atoms with E-state index in [2.05, 4.69) is 20.3 Å². The van der Waals surface area contributed by atoms with Gasteiger partial charge in [0.05, 0.1) is 12.2 Å². The number of rotatable bonds is 3. The van der Waals surface area contributed by atoms with Gasteiger partial charge in [-0.15, -0.1) is 11.3 Å². The highest BCUT2D eigenvalue weighted by molar-refractivity contribution is 7.11. The van der Waals surface area contributed by atoms with Gasteiger partial charge in [0.2, 0.25) is 0 Å². The van der Waals surface area contributed by atoms with Gasteiger partial charge in [-0.25, -0.2) is 15.0 Å². The Hall–Kier alpha value is -2.00. The van der Waals surface area contributed by atoms with Crippen molar-refractivity contribution in [2.45, 2.75) is 32.2 Å². The first kappa shape index (κ1) is 12.1. The smallest absolute Gasteiger partial charge is 0.182 e. The molecule has 0 amide bonds. The molecule has 2 heterocycles. The largest absolute Gasteiger partial charge is 0.361 e. The first-order valence-electron chi connectivity index (χ1n) is 6.29. The van der Waals surface area contributed by atoms with Crippen LogP contribution in [0.15, 0.2) is 12.4 Å². The Morgan fingerprint density at radius 3 is 2.95 bits per heavy atom. The Kier molecular flexibility index (Phi) is 3.38. The molecule has 0 saturated heterocycles. The molecule has 1 aliphatic carbocycles. The van der Waals surface area contributed by atoms with E-state index in [1.165, 1.54) is 29.6 Å². The van der Waals surface area contributed by atoms with Gasteiger partial charge >= 0.3 is 0 Å². The highest BCUT2D eigenvalue weighted by atomic mass is 32.1. The Labute approximate surface area is 115 Å². The number of nitrogens with zero attached hydrogens (tertiary/aromatic N) is 4. The molecule has 0 aliphatic heterocycles. The Balaban J connectivity index is 1.72. The summed E-state index contributed by atoms with van der Waals surface area (Å²) in [5.74, 6) is 0.526. The second-order valence-electron chi connectivity index (χ2n) is 4.40. The minimum absolute atomic E-state index is 0.323. The molecule has 0 spiro atoms. The van der Waals surface area contributed by atoms with Crippen molar-refractivity contribution in [3.8, 4) is 6.07 Å². The first-order chi connectivity index (χ1) is 9.36. The van der Waals surface area contributed by atoms with Crippen molar-refractivity contribution in [3.05, 3.63) is 33.7 Å². The Morgan fingerprint density at radius 2 is 2.11 bits per heavy atom. The lowest BCUT2D eigenvalue weighted by molar-refractivity contribution is 0.681. The number of aromatic nitrogens is 3. The van der Waals surface area contributed by atoms with Crippen molar-refractivity contribution < 1.29 is 0 Å². The predicted molar refractivity (Wildman–Crippen MR) is 72.8 cm³/mol. The molecule has 3 rings (SSSR count). The lowest BCUT2D eigenvalue weighted by Gasteiger charge is -2.06. The van der Waals surface area contributed by atoms with Crippen LogP contribution in [0.5, 0.6) is 0 Å². The third kappa shape index (κ3) is 2.56. The summed E-state index contributed by atoms with van der Waals surface area (Å²) in [6.07, 6.45) is 7.86. The zero-order valence-corrected chi connectivity index (χ0v) is 11.2. The number of hydrogen-bond acceptors (Lipinski definition) is 6. The van der Waals surface area contributed by atoms with Gasteiger partial charge in [0.15, 0.2) is 11.5 Å². The highest BCUT2D eigenvalue weighted by Crippen LogP contribution is 2.27. The van der Waals surface area contributed by atoms with Gasteiger partial charge in [-0.05, 0) is 25.7 Å². The van der Waals surface area contributed by atoms with Crippen molar-refractivity contribution in [1.29, 1.82) is 5.26 Å². The second-order valence-corrected chi connectivity index (χ2v) is 5.57. The lowest BCUT2D eigenvalue weighted by Crippen LogP contribution is -2.04. The van der Waals surface area contributed by atoms with Gasteiger partial charge in [0.25, 0.3) is 0 Å². The van der Waals surface area contributed by atoms with Crippen LogP contribution in [0.2, 0.25) is 0 Å². The molecular formula is C13H13N5S.